The van der Waals surface area contributed by atoms with E-state index in [-0.39, 0.29) is 5.91 Å². The van der Waals surface area contributed by atoms with Crippen LogP contribution in [0.3, 0.4) is 0 Å². The van der Waals surface area contributed by atoms with E-state index in [4.69, 9.17) is 9.26 Å². The topological polar surface area (TPSA) is 55.6 Å². The number of rotatable bonds is 3. The first-order valence-electron chi connectivity index (χ1n) is 8.15. The van der Waals surface area contributed by atoms with Crippen LogP contribution in [0, 0.1) is 11.8 Å². The molecule has 0 aromatic carbocycles. The molecule has 1 amide bonds. The predicted molar refractivity (Wildman–Crippen MR) is 76.0 cm³/mol. The summed E-state index contributed by atoms with van der Waals surface area (Å²) in [5.74, 6) is 2.85. The summed E-state index contributed by atoms with van der Waals surface area (Å²) in [5.41, 5.74) is 0.486. The number of aromatic nitrogens is 1. The highest BCUT2D eigenvalue weighted by Gasteiger charge is 2.33. The lowest BCUT2D eigenvalue weighted by atomic mass is 9.84. The Hall–Kier alpha value is -1.36. The van der Waals surface area contributed by atoms with Gasteiger partial charge in [-0.15, -0.1) is 0 Å². The van der Waals surface area contributed by atoms with Crippen LogP contribution in [-0.4, -0.2) is 42.3 Å². The molecule has 5 heteroatoms. The SMILES string of the molecule is O=C(c1cc(C2CC2)on1)N1CCC(C2CCOC2)CC1. The number of carbonyl (C=O) groups excluding carboxylic acids is 1. The number of hydrogen-bond acceptors (Lipinski definition) is 4. The van der Waals surface area contributed by atoms with E-state index < -0.39 is 0 Å². The summed E-state index contributed by atoms with van der Waals surface area (Å²) in [4.78, 5) is 14.4. The molecule has 0 N–H and O–H groups in total. The van der Waals surface area contributed by atoms with Crippen LogP contribution in [0.1, 0.15) is 54.3 Å². The molecule has 1 aromatic heterocycles. The number of hydrogen-bond donors (Lipinski definition) is 0. The second-order valence-corrected chi connectivity index (χ2v) is 6.64. The molecule has 3 fully saturated rings. The summed E-state index contributed by atoms with van der Waals surface area (Å²) >= 11 is 0. The molecule has 0 spiro atoms. The van der Waals surface area contributed by atoms with Crippen molar-refractivity contribution in [1.29, 1.82) is 0 Å². The molecule has 0 radical (unpaired) electrons. The van der Waals surface area contributed by atoms with Crippen molar-refractivity contribution >= 4 is 5.91 Å². The van der Waals surface area contributed by atoms with Crippen molar-refractivity contribution in [2.45, 2.75) is 38.0 Å². The van der Waals surface area contributed by atoms with Gasteiger partial charge in [-0.25, -0.2) is 0 Å². The predicted octanol–water partition coefficient (Wildman–Crippen LogP) is 2.44. The summed E-state index contributed by atoms with van der Waals surface area (Å²) in [6.07, 6.45) is 5.70. The third-order valence-electron chi connectivity index (χ3n) is 5.19. The van der Waals surface area contributed by atoms with Crippen molar-refractivity contribution in [2.24, 2.45) is 11.8 Å². The average Bonchev–Trinajstić information content (AvgIpc) is 3.05. The normalized spacial score (nSPS) is 27.2. The highest BCUT2D eigenvalue weighted by Crippen LogP contribution is 2.40. The first-order valence-corrected chi connectivity index (χ1v) is 8.15. The Morgan fingerprint density at radius 2 is 1.95 bits per heavy atom. The Morgan fingerprint density at radius 1 is 1.14 bits per heavy atom. The minimum absolute atomic E-state index is 0.0340. The Kier molecular flexibility index (Phi) is 3.45. The molecule has 3 aliphatic rings. The molecule has 114 valence electrons. The standard InChI is InChI=1S/C16H22N2O3/c19-16(14-9-15(21-17-14)12-1-2-12)18-6-3-11(4-7-18)13-5-8-20-10-13/h9,11-13H,1-8,10H2. The summed E-state index contributed by atoms with van der Waals surface area (Å²) in [6, 6.07) is 1.84. The minimum Gasteiger partial charge on any atom is -0.381 e. The summed E-state index contributed by atoms with van der Waals surface area (Å²) in [6.45, 7) is 3.50. The summed E-state index contributed by atoms with van der Waals surface area (Å²) < 4.78 is 10.8. The van der Waals surface area contributed by atoms with Crippen LogP contribution >= 0.6 is 0 Å². The van der Waals surface area contributed by atoms with Gasteiger partial charge in [-0.05, 0) is 43.9 Å². The van der Waals surface area contributed by atoms with E-state index in [0.717, 1.165) is 63.7 Å². The number of carbonyl (C=O) groups is 1. The van der Waals surface area contributed by atoms with E-state index in [2.05, 4.69) is 5.16 Å². The number of likely N-dealkylation sites (tertiary alicyclic amines) is 1. The van der Waals surface area contributed by atoms with E-state index in [1.807, 2.05) is 11.0 Å². The molecule has 2 saturated heterocycles. The number of ether oxygens (including phenoxy) is 1. The zero-order valence-corrected chi connectivity index (χ0v) is 12.3. The zero-order chi connectivity index (χ0) is 14.2. The van der Waals surface area contributed by atoms with E-state index >= 15 is 0 Å². The van der Waals surface area contributed by atoms with Gasteiger partial charge in [0.05, 0.1) is 0 Å². The van der Waals surface area contributed by atoms with Gasteiger partial charge in [0.1, 0.15) is 5.76 Å². The third-order valence-corrected chi connectivity index (χ3v) is 5.19. The molecule has 2 aliphatic heterocycles. The number of piperidine rings is 1. The molecule has 1 aliphatic carbocycles. The van der Waals surface area contributed by atoms with E-state index in [0.29, 0.717) is 17.5 Å². The van der Waals surface area contributed by atoms with Gasteiger partial charge >= 0.3 is 0 Å². The van der Waals surface area contributed by atoms with Crippen LogP contribution < -0.4 is 0 Å². The average molecular weight is 290 g/mol. The molecular formula is C16H22N2O3. The van der Waals surface area contributed by atoms with Gasteiger partial charge in [-0.3, -0.25) is 4.79 Å². The largest absolute Gasteiger partial charge is 0.381 e. The van der Waals surface area contributed by atoms with Gasteiger partial charge in [0, 0.05) is 38.3 Å². The van der Waals surface area contributed by atoms with Gasteiger partial charge in [0.15, 0.2) is 5.69 Å². The van der Waals surface area contributed by atoms with Crippen LogP contribution in [0.5, 0.6) is 0 Å². The molecule has 21 heavy (non-hydrogen) atoms. The summed E-state index contributed by atoms with van der Waals surface area (Å²) in [7, 11) is 0. The van der Waals surface area contributed by atoms with Crippen LogP contribution in [0.2, 0.25) is 0 Å². The van der Waals surface area contributed by atoms with Crippen molar-refractivity contribution in [3.63, 3.8) is 0 Å². The highest BCUT2D eigenvalue weighted by molar-refractivity contribution is 5.92. The van der Waals surface area contributed by atoms with Crippen molar-refractivity contribution in [3.8, 4) is 0 Å². The molecule has 3 heterocycles. The number of amides is 1. The lowest BCUT2D eigenvalue weighted by Gasteiger charge is -2.34. The fraction of sp³-hybridized carbons (Fsp3) is 0.750. The lowest BCUT2D eigenvalue weighted by Crippen LogP contribution is -2.40. The summed E-state index contributed by atoms with van der Waals surface area (Å²) in [5, 5.41) is 3.96. The molecule has 1 aromatic rings. The van der Waals surface area contributed by atoms with Gasteiger partial charge in [0.25, 0.3) is 5.91 Å². The van der Waals surface area contributed by atoms with Crippen LogP contribution in [0.25, 0.3) is 0 Å². The van der Waals surface area contributed by atoms with Crippen molar-refractivity contribution in [2.75, 3.05) is 26.3 Å². The first kappa shape index (κ1) is 13.3. The fourth-order valence-corrected chi connectivity index (χ4v) is 3.61. The maximum atomic E-state index is 12.5. The van der Waals surface area contributed by atoms with E-state index in [9.17, 15) is 4.79 Å². The van der Waals surface area contributed by atoms with Crippen LogP contribution in [0.4, 0.5) is 0 Å². The van der Waals surface area contributed by atoms with E-state index in [1.54, 1.807) is 0 Å². The quantitative estimate of drug-likeness (QED) is 0.858. The maximum Gasteiger partial charge on any atom is 0.276 e. The van der Waals surface area contributed by atoms with Gasteiger partial charge in [-0.1, -0.05) is 5.16 Å². The van der Waals surface area contributed by atoms with Crippen LogP contribution in [0.15, 0.2) is 10.6 Å². The van der Waals surface area contributed by atoms with Gasteiger partial charge < -0.3 is 14.2 Å². The monoisotopic (exact) mass is 290 g/mol. The first-order chi connectivity index (χ1) is 10.3. The highest BCUT2D eigenvalue weighted by atomic mass is 16.5. The zero-order valence-electron chi connectivity index (χ0n) is 12.3. The third kappa shape index (κ3) is 2.71. The van der Waals surface area contributed by atoms with Crippen LogP contribution in [-0.2, 0) is 4.74 Å². The Morgan fingerprint density at radius 3 is 2.62 bits per heavy atom. The smallest absolute Gasteiger partial charge is 0.276 e. The second-order valence-electron chi connectivity index (χ2n) is 6.64. The second kappa shape index (κ2) is 5.44. The molecule has 1 saturated carbocycles. The Balaban J connectivity index is 1.35. The molecule has 4 rings (SSSR count). The molecule has 5 nitrogen and oxygen atoms in total. The number of nitrogens with zero attached hydrogens (tertiary/aromatic N) is 2. The maximum absolute atomic E-state index is 12.5. The fourth-order valence-electron chi connectivity index (χ4n) is 3.61. The Bertz CT molecular complexity index is 509. The van der Waals surface area contributed by atoms with Crippen molar-refractivity contribution < 1.29 is 14.1 Å². The lowest BCUT2D eigenvalue weighted by molar-refractivity contribution is 0.0638. The Labute approximate surface area is 124 Å². The van der Waals surface area contributed by atoms with Gasteiger partial charge in [0.2, 0.25) is 0 Å². The molecule has 1 atom stereocenters. The van der Waals surface area contributed by atoms with Gasteiger partial charge in [-0.2, -0.15) is 0 Å². The van der Waals surface area contributed by atoms with E-state index in [1.165, 1.54) is 6.42 Å². The molecular weight excluding hydrogens is 268 g/mol. The molecule has 0 bridgehead atoms. The minimum atomic E-state index is 0.0340. The van der Waals surface area contributed by atoms with Crippen molar-refractivity contribution in [3.05, 3.63) is 17.5 Å². The van der Waals surface area contributed by atoms with Crippen molar-refractivity contribution in [1.82, 2.24) is 10.1 Å². The molecule has 1 unspecified atom stereocenters.